The number of hydrogen-bond donors (Lipinski definition) is 0. The first-order chi connectivity index (χ1) is 11.3. The van der Waals surface area contributed by atoms with Crippen molar-refractivity contribution in [2.75, 3.05) is 10.7 Å². The molecule has 2 atom stereocenters. The van der Waals surface area contributed by atoms with Gasteiger partial charge < -0.3 is 0 Å². The number of rotatable bonds is 2. The lowest BCUT2D eigenvalue weighted by atomic mass is 9.89. The van der Waals surface area contributed by atoms with Crippen molar-refractivity contribution in [2.24, 2.45) is 0 Å². The first-order valence-corrected chi connectivity index (χ1v) is 8.74. The summed E-state index contributed by atoms with van der Waals surface area (Å²) in [5, 5.41) is 0. The van der Waals surface area contributed by atoms with Crippen molar-refractivity contribution in [3.63, 3.8) is 0 Å². The molecular formula is C20H17NOS. The summed E-state index contributed by atoms with van der Waals surface area (Å²) in [6, 6.07) is 20.4. The topological polar surface area (TPSA) is 20.3 Å². The Labute approximate surface area is 140 Å². The summed E-state index contributed by atoms with van der Waals surface area (Å²) in [5.41, 5.74) is 2.18. The summed E-state index contributed by atoms with van der Waals surface area (Å²) in [6.45, 7) is 0. The number of thioether (sulfide) groups is 1. The molecule has 0 aliphatic carbocycles. The fourth-order valence-electron chi connectivity index (χ4n) is 3.38. The van der Waals surface area contributed by atoms with Gasteiger partial charge in [0.25, 0.3) is 5.91 Å². The van der Waals surface area contributed by atoms with Crippen LogP contribution in [-0.4, -0.2) is 16.5 Å². The van der Waals surface area contributed by atoms with E-state index in [-0.39, 0.29) is 16.7 Å². The molecule has 23 heavy (non-hydrogen) atoms. The second kappa shape index (κ2) is 5.74. The molecule has 3 heteroatoms. The lowest BCUT2D eigenvalue weighted by Gasteiger charge is -2.44. The predicted octanol–water partition coefficient (Wildman–Crippen LogP) is 4.37. The van der Waals surface area contributed by atoms with E-state index < -0.39 is 0 Å². The second-order valence-electron chi connectivity index (χ2n) is 5.72. The quantitative estimate of drug-likeness (QED) is 0.766. The Balaban J connectivity index is 1.85. The number of benzene rings is 2. The maximum atomic E-state index is 12.6. The average molecular weight is 319 g/mol. The molecule has 114 valence electrons. The Hall–Kier alpha value is -2.26. The Kier molecular flexibility index (Phi) is 3.58. The standard InChI is InChI=1S/C20H17NOS/c22-19-13-14-20(21(19)17-10-5-2-6-11-17)18(12-7-15-23-20)16-8-3-1-4-9-16/h1-14,18H,15H2/t18-,20+/m1/s1. The molecule has 0 aromatic heterocycles. The largest absolute Gasteiger partial charge is 0.289 e. The summed E-state index contributed by atoms with van der Waals surface area (Å²) in [7, 11) is 0. The normalized spacial score (nSPS) is 26.2. The Morgan fingerprint density at radius 1 is 1.00 bits per heavy atom. The van der Waals surface area contributed by atoms with Gasteiger partial charge in [-0.2, -0.15) is 0 Å². The third kappa shape index (κ3) is 2.32. The van der Waals surface area contributed by atoms with Crippen LogP contribution in [0.2, 0.25) is 0 Å². The SMILES string of the molecule is O=C1C=C[C@@]2(SCC=C[C@@H]2c2ccccc2)N1c1ccccc1. The molecular weight excluding hydrogens is 302 g/mol. The number of hydrogen-bond acceptors (Lipinski definition) is 2. The van der Waals surface area contributed by atoms with E-state index in [0.29, 0.717) is 0 Å². The minimum atomic E-state index is -0.380. The van der Waals surface area contributed by atoms with E-state index in [0.717, 1.165) is 11.4 Å². The molecule has 0 unspecified atom stereocenters. The van der Waals surface area contributed by atoms with Crippen molar-refractivity contribution in [3.05, 3.63) is 90.5 Å². The van der Waals surface area contributed by atoms with Crippen LogP contribution in [0.3, 0.4) is 0 Å². The fourth-order valence-corrected chi connectivity index (χ4v) is 4.74. The van der Waals surface area contributed by atoms with Crippen LogP contribution < -0.4 is 4.90 Å². The zero-order valence-corrected chi connectivity index (χ0v) is 13.4. The number of nitrogens with zero attached hydrogens (tertiary/aromatic N) is 1. The highest BCUT2D eigenvalue weighted by Crippen LogP contribution is 2.51. The first-order valence-electron chi connectivity index (χ1n) is 7.75. The highest BCUT2D eigenvalue weighted by atomic mass is 32.2. The summed E-state index contributed by atoms with van der Waals surface area (Å²) < 4.78 is 0. The van der Waals surface area contributed by atoms with Crippen LogP contribution in [-0.2, 0) is 4.79 Å². The van der Waals surface area contributed by atoms with Crippen LogP contribution in [0.25, 0.3) is 0 Å². The van der Waals surface area contributed by atoms with Gasteiger partial charge in [-0.1, -0.05) is 60.7 Å². The van der Waals surface area contributed by atoms with Gasteiger partial charge in [-0.25, -0.2) is 0 Å². The van der Waals surface area contributed by atoms with E-state index in [1.54, 1.807) is 6.08 Å². The van der Waals surface area contributed by atoms with Gasteiger partial charge in [0.15, 0.2) is 0 Å². The molecule has 2 aliphatic heterocycles. The molecule has 0 saturated carbocycles. The molecule has 1 amide bonds. The van der Waals surface area contributed by atoms with Crippen molar-refractivity contribution < 1.29 is 4.79 Å². The Morgan fingerprint density at radius 3 is 2.43 bits per heavy atom. The number of carbonyl (C=O) groups is 1. The van der Waals surface area contributed by atoms with Crippen molar-refractivity contribution in [1.29, 1.82) is 0 Å². The first kappa shape index (κ1) is 14.3. The van der Waals surface area contributed by atoms with Gasteiger partial charge in [-0.05, 0) is 23.8 Å². The molecule has 2 heterocycles. The van der Waals surface area contributed by atoms with Gasteiger partial charge in [0, 0.05) is 23.4 Å². The highest BCUT2D eigenvalue weighted by molar-refractivity contribution is 8.01. The van der Waals surface area contributed by atoms with E-state index >= 15 is 0 Å². The lowest BCUT2D eigenvalue weighted by molar-refractivity contribution is -0.114. The van der Waals surface area contributed by atoms with Crippen molar-refractivity contribution in [3.8, 4) is 0 Å². The van der Waals surface area contributed by atoms with Crippen LogP contribution >= 0.6 is 11.8 Å². The number of para-hydroxylation sites is 1. The highest BCUT2D eigenvalue weighted by Gasteiger charge is 2.49. The van der Waals surface area contributed by atoms with E-state index in [9.17, 15) is 4.79 Å². The van der Waals surface area contributed by atoms with Crippen molar-refractivity contribution in [1.82, 2.24) is 0 Å². The summed E-state index contributed by atoms with van der Waals surface area (Å²) in [4.78, 5) is 14.2. The molecule has 2 aromatic rings. The Bertz CT molecular complexity index is 769. The van der Waals surface area contributed by atoms with Gasteiger partial charge >= 0.3 is 0 Å². The third-order valence-corrected chi connectivity index (χ3v) is 5.79. The zero-order chi connectivity index (χ0) is 15.7. The van der Waals surface area contributed by atoms with Gasteiger partial charge in [0.2, 0.25) is 0 Å². The summed E-state index contributed by atoms with van der Waals surface area (Å²) in [5.74, 6) is 1.11. The Morgan fingerprint density at radius 2 is 1.70 bits per heavy atom. The maximum absolute atomic E-state index is 12.6. The number of amides is 1. The molecule has 2 nitrogen and oxygen atoms in total. The van der Waals surface area contributed by atoms with E-state index in [4.69, 9.17) is 0 Å². The molecule has 0 saturated heterocycles. The third-order valence-electron chi connectivity index (χ3n) is 4.39. The average Bonchev–Trinajstić information content (AvgIpc) is 2.93. The monoisotopic (exact) mass is 319 g/mol. The smallest absolute Gasteiger partial charge is 0.252 e. The van der Waals surface area contributed by atoms with E-state index in [1.807, 2.05) is 53.1 Å². The van der Waals surface area contributed by atoms with Gasteiger partial charge in [0.1, 0.15) is 4.87 Å². The van der Waals surface area contributed by atoms with Crippen molar-refractivity contribution in [2.45, 2.75) is 10.8 Å². The fraction of sp³-hybridized carbons (Fsp3) is 0.150. The van der Waals surface area contributed by atoms with Gasteiger partial charge in [-0.3, -0.25) is 9.69 Å². The molecule has 0 fully saturated rings. The zero-order valence-electron chi connectivity index (χ0n) is 12.6. The molecule has 4 rings (SSSR count). The van der Waals surface area contributed by atoms with Crippen LogP contribution in [0.1, 0.15) is 11.5 Å². The summed E-state index contributed by atoms with van der Waals surface area (Å²) in [6.07, 6.45) is 8.24. The minimum Gasteiger partial charge on any atom is -0.289 e. The summed E-state index contributed by atoms with van der Waals surface area (Å²) >= 11 is 1.81. The van der Waals surface area contributed by atoms with Gasteiger partial charge in [-0.15, -0.1) is 11.8 Å². The molecule has 0 bridgehead atoms. The van der Waals surface area contributed by atoms with Crippen molar-refractivity contribution >= 4 is 23.4 Å². The van der Waals surface area contributed by atoms with Gasteiger partial charge in [0.05, 0.1) is 0 Å². The predicted molar refractivity (Wildman–Crippen MR) is 96.6 cm³/mol. The van der Waals surface area contributed by atoms with Crippen LogP contribution in [0.15, 0.2) is 85.0 Å². The van der Waals surface area contributed by atoms with E-state index in [1.165, 1.54) is 5.56 Å². The lowest BCUT2D eigenvalue weighted by Crippen LogP contribution is -2.49. The van der Waals surface area contributed by atoms with Crippen LogP contribution in [0.5, 0.6) is 0 Å². The van der Waals surface area contributed by atoms with Crippen LogP contribution in [0.4, 0.5) is 5.69 Å². The molecule has 2 aliphatic rings. The molecule has 0 radical (unpaired) electrons. The second-order valence-corrected chi connectivity index (χ2v) is 7.00. The molecule has 2 aromatic carbocycles. The van der Waals surface area contributed by atoms with Crippen LogP contribution in [0, 0.1) is 0 Å². The molecule has 0 N–H and O–H groups in total. The van der Waals surface area contributed by atoms with E-state index in [2.05, 4.69) is 42.5 Å². The minimum absolute atomic E-state index is 0.0555. The molecule has 1 spiro atoms. The number of anilines is 1. The maximum Gasteiger partial charge on any atom is 0.252 e. The number of carbonyl (C=O) groups excluding carboxylic acids is 1.